The molecule has 0 unspecified atom stereocenters. The number of nitrogens with zero attached hydrogens (tertiary/aromatic N) is 2. The molecule has 4 atom stereocenters. The molecule has 7 nitrogen and oxygen atoms in total. The molecule has 0 bridgehead atoms. The average molecular weight is 424 g/mol. The summed E-state index contributed by atoms with van der Waals surface area (Å²) in [5, 5.41) is 12.2. The van der Waals surface area contributed by atoms with E-state index in [1.807, 2.05) is 34.7 Å². The molecule has 1 heterocycles. The molecule has 0 aromatic heterocycles. The second-order valence-electron chi connectivity index (χ2n) is 9.38. The van der Waals surface area contributed by atoms with Gasteiger partial charge in [-0.05, 0) is 44.6 Å². The number of amides is 2. The van der Waals surface area contributed by atoms with Crippen LogP contribution in [0.1, 0.15) is 60.8 Å². The van der Waals surface area contributed by atoms with Crippen LogP contribution >= 0.6 is 0 Å². The summed E-state index contributed by atoms with van der Waals surface area (Å²) in [6.07, 6.45) is 4.54. The van der Waals surface area contributed by atoms with Crippen LogP contribution in [-0.4, -0.2) is 71.5 Å². The lowest BCUT2D eigenvalue weighted by molar-refractivity contribution is -0.140. The van der Waals surface area contributed by atoms with E-state index in [9.17, 15) is 19.5 Å². The molecule has 1 aliphatic heterocycles. The van der Waals surface area contributed by atoms with Gasteiger partial charge in [-0.15, -0.1) is 0 Å². The number of aliphatic carboxylic acids is 1. The van der Waals surface area contributed by atoms with Gasteiger partial charge in [-0.25, -0.2) is 4.79 Å². The van der Waals surface area contributed by atoms with Crippen molar-refractivity contribution in [1.29, 1.82) is 0 Å². The zero-order valence-corrected chi connectivity index (χ0v) is 19.9. The third-order valence-electron chi connectivity index (χ3n) is 6.27. The van der Waals surface area contributed by atoms with Crippen LogP contribution in [-0.2, 0) is 14.4 Å². The number of likely N-dealkylation sites (N-methyl/N-ethyl adjacent to an activating group) is 2. The Kier molecular flexibility index (Phi) is 10.0. The Bertz CT molecular complexity index is 644. The SMILES string of the molecule is CC[C@@H]1CC[C@H](C(=O)N[C@H](C(=O)N(C)[C@H](C=C(C)C(=O)O)C(C)C)C(C)C)N(C)C1. The van der Waals surface area contributed by atoms with Gasteiger partial charge < -0.3 is 15.3 Å². The average Bonchev–Trinajstić information content (AvgIpc) is 2.67. The number of nitrogens with one attached hydrogen (secondary N) is 1. The predicted molar refractivity (Wildman–Crippen MR) is 119 cm³/mol. The third kappa shape index (κ3) is 6.83. The summed E-state index contributed by atoms with van der Waals surface area (Å²) in [6, 6.07) is -1.24. The van der Waals surface area contributed by atoms with Crippen molar-refractivity contribution in [3.63, 3.8) is 0 Å². The molecule has 2 amide bonds. The summed E-state index contributed by atoms with van der Waals surface area (Å²) in [4.78, 5) is 41.2. The van der Waals surface area contributed by atoms with Gasteiger partial charge in [0.15, 0.2) is 0 Å². The Morgan fingerprint density at radius 1 is 1.17 bits per heavy atom. The van der Waals surface area contributed by atoms with Gasteiger partial charge in [-0.1, -0.05) is 47.1 Å². The van der Waals surface area contributed by atoms with E-state index in [1.165, 1.54) is 6.92 Å². The first-order valence-electron chi connectivity index (χ1n) is 11.1. The minimum Gasteiger partial charge on any atom is -0.478 e. The first-order chi connectivity index (χ1) is 13.9. The van der Waals surface area contributed by atoms with Crippen LogP contribution in [0.5, 0.6) is 0 Å². The second-order valence-corrected chi connectivity index (χ2v) is 9.38. The van der Waals surface area contributed by atoms with E-state index in [0.29, 0.717) is 5.92 Å². The lowest BCUT2D eigenvalue weighted by Gasteiger charge is -2.38. The third-order valence-corrected chi connectivity index (χ3v) is 6.27. The number of likely N-dealkylation sites (tertiary alicyclic amines) is 1. The standard InChI is InChI=1S/C23H41N3O4/c1-9-17-10-11-18(25(7)13-17)21(27)24-20(15(4)5)22(28)26(8)19(14(2)3)12-16(6)23(29)30/h12,14-15,17-20H,9-11,13H2,1-8H3,(H,24,27)(H,29,30)/t17-,18-,19-,20+/m1/s1. The Morgan fingerprint density at radius 3 is 2.20 bits per heavy atom. The quantitative estimate of drug-likeness (QED) is 0.557. The zero-order valence-electron chi connectivity index (χ0n) is 19.9. The van der Waals surface area contributed by atoms with Crippen LogP contribution in [0.25, 0.3) is 0 Å². The molecule has 0 aromatic carbocycles. The fraction of sp³-hybridized carbons (Fsp3) is 0.783. The summed E-state index contributed by atoms with van der Waals surface area (Å²) in [6.45, 7) is 12.3. The van der Waals surface area contributed by atoms with E-state index in [0.717, 1.165) is 25.8 Å². The van der Waals surface area contributed by atoms with Gasteiger partial charge in [0.05, 0.1) is 12.1 Å². The van der Waals surface area contributed by atoms with Crippen molar-refractivity contribution in [3.8, 4) is 0 Å². The number of rotatable bonds is 9. The molecule has 0 aromatic rings. The number of hydrogen-bond donors (Lipinski definition) is 2. The lowest BCUT2D eigenvalue weighted by atomic mass is 9.90. The Balaban J connectivity index is 2.97. The maximum absolute atomic E-state index is 13.3. The fourth-order valence-electron chi connectivity index (χ4n) is 4.11. The van der Waals surface area contributed by atoms with Crippen LogP contribution in [0, 0.1) is 17.8 Å². The first kappa shape index (κ1) is 26.1. The van der Waals surface area contributed by atoms with Crippen LogP contribution in [0.3, 0.4) is 0 Å². The minimum absolute atomic E-state index is 0.0345. The van der Waals surface area contributed by atoms with Crippen molar-refractivity contribution in [1.82, 2.24) is 15.1 Å². The molecule has 1 saturated heterocycles. The van der Waals surface area contributed by atoms with Crippen molar-refractivity contribution in [2.24, 2.45) is 17.8 Å². The van der Waals surface area contributed by atoms with Crippen molar-refractivity contribution in [3.05, 3.63) is 11.6 Å². The lowest BCUT2D eigenvalue weighted by Crippen LogP contribution is -2.58. The highest BCUT2D eigenvalue weighted by molar-refractivity contribution is 5.90. The molecule has 7 heteroatoms. The normalized spacial score (nSPS) is 22.7. The highest BCUT2D eigenvalue weighted by Crippen LogP contribution is 2.23. The topological polar surface area (TPSA) is 90.0 Å². The molecule has 1 rings (SSSR count). The van der Waals surface area contributed by atoms with Gasteiger partial charge in [0.25, 0.3) is 0 Å². The van der Waals surface area contributed by atoms with E-state index in [1.54, 1.807) is 18.0 Å². The van der Waals surface area contributed by atoms with Gasteiger partial charge in [0.1, 0.15) is 6.04 Å². The highest BCUT2D eigenvalue weighted by Gasteiger charge is 2.35. The van der Waals surface area contributed by atoms with Crippen molar-refractivity contribution >= 4 is 17.8 Å². The van der Waals surface area contributed by atoms with Gasteiger partial charge in [0.2, 0.25) is 11.8 Å². The molecular formula is C23H41N3O4. The van der Waals surface area contributed by atoms with Gasteiger partial charge >= 0.3 is 5.97 Å². The van der Waals surface area contributed by atoms with E-state index in [-0.39, 0.29) is 41.3 Å². The van der Waals surface area contributed by atoms with Crippen molar-refractivity contribution in [2.75, 3.05) is 20.6 Å². The first-order valence-corrected chi connectivity index (χ1v) is 11.1. The molecule has 1 fully saturated rings. The van der Waals surface area contributed by atoms with Gasteiger partial charge in [-0.3, -0.25) is 14.5 Å². The molecule has 0 saturated carbocycles. The van der Waals surface area contributed by atoms with E-state index < -0.39 is 12.0 Å². The van der Waals surface area contributed by atoms with Crippen molar-refractivity contribution in [2.45, 2.75) is 78.9 Å². The number of hydrogen-bond acceptors (Lipinski definition) is 4. The van der Waals surface area contributed by atoms with E-state index in [2.05, 4.69) is 17.1 Å². The van der Waals surface area contributed by atoms with E-state index >= 15 is 0 Å². The number of piperidine rings is 1. The molecule has 0 spiro atoms. The maximum atomic E-state index is 13.3. The van der Waals surface area contributed by atoms with E-state index in [4.69, 9.17) is 0 Å². The molecule has 172 valence electrons. The smallest absolute Gasteiger partial charge is 0.331 e. The molecule has 0 aliphatic carbocycles. The van der Waals surface area contributed by atoms with Gasteiger partial charge in [-0.2, -0.15) is 0 Å². The summed E-state index contributed by atoms with van der Waals surface area (Å²) in [5.74, 6) is -0.738. The Hall–Kier alpha value is -1.89. The van der Waals surface area contributed by atoms with Crippen LogP contribution < -0.4 is 5.32 Å². The summed E-state index contributed by atoms with van der Waals surface area (Å²) < 4.78 is 0. The molecule has 1 aliphatic rings. The molecule has 0 radical (unpaired) electrons. The number of carbonyl (C=O) groups is 3. The minimum atomic E-state index is -0.999. The largest absolute Gasteiger partial charge is 0.478 e. The summed E-state index contributed by atoms with van der Waals surface area (Å²) in [7, 11) is 3.65. The molecular weight excluding hydrogens is 382 g/mol. The second kappa shape index (κ2) is 11.5. The monoisotopic (exact) mass is 423 g/mol. The van der Waals surface area contributed by atoms with Crippen LogP contribution in [0.2, 0.25) is 0 Å². The number of carboxylic acid groups (broad SMARTS) is 1. The number of carboxylic acids is 1. The molecule has 30 heavy (non-hydrogen) atoms. The maximum Gasteiger partial charge on any atom is 0.331 e. The highest BCUT2D eigenvalue weighted by atomic mass is 16.4. The van der Waals surface area contributed by atoms with Gasteiger partial charge in [0, 0.05) is 19.2 Å². The predicted octanol–water partition coefficient (Wildman–Crippen LogP) is 2.76. The summed E-state index contributed by atoms with van der Waals surface area (Å²) in [5.41, 5.74) is 0.202. The Morgan fingerprint density at radius 2 is 1.77 bits per heavy atom. The zero-order chi connectivity index (χ0) is 23.2. The Labute approximate surface area is 181 Å². The molecule has 2 N–H and O–H groups in total. The van der Waals surface area contributed by atoms with Crippen molar-refractivity contribution < 1.29 is 19.5 Å². The summed E-state index contributed by atoms with van der Waals surface area (Å²) >= 11 is 0. The fourth-order valence-corrected chi connectivity index (χ4v) is 4.11. The van der Waals surface area contributed by atoms with Crippen LogP contribution in [0.4, 0.5) is 0 Å². The number of carbonyl (C=O) groups excluding carboxylic acids is 2. The van der Waals surface area contributed by atoms with Crippen LogP contribution in [0.15, 0.2) is 11.6 Å².